The fourth-order valence-electron chi connectivity index (χ4n) is 0.249. The summed E-state index contributed by atoms with van der Waals surface area (Å²) >= 11 is 0. The molecule has 0 saturated heterocycles. The van der Waals surface area contributed by atoms with Crippen LogP contribution in [0.15, 0.2) is 0 Å². The van der Waals surface area contributed by atoms with Gasteiger partial charge in [-0.25, -0.2) is 0 Å². The van der Waals surface area contributed by atoms with Crippen molar-refractivity contribution in [1.82, 2.24) is 10.6 Å². The van der Waals surface area contributed by atoms with Gasteiger partial charge < -0.3 is 20.5 Å². The maximum atomic E-state index is 9.72. The Labute approximate surface area is 101 Å². The molecule has 0 amide bonds. The molecule has 0 heterocycles. The number of aliphatic carboxylic acids is 1. The van der Waals surface area contributed by atoms with Crippen molar-refractivity contribution in [3.05, 3.63) is 0 Å². The van der Waals surface area contributed by atoms with Gasteiger partial charge in [-0.15, -0.1) is 0 Å². The molecular weight excluding hydrogens is 161 g/mol. The summed E-state index contributed by atoms with van der Waals surface area (Å²) in [5, 5.41) is 21.2. The van der Waals surface area contributed by atoms with E-state index in [4.69, 9.17) is 5.41 Å². The van der Waals surface area contributed by atoms with E-state index in [1.54, 1.807) is 0 Å². The average Bonchev–Trinajstić information content (AvgIpc) is 1.83. The van der Waals surface area contributed by atoms with Crippen LogP contribution in [-0.4, -0.2) is 25.5 Å². The smallest absolute Gasteiger partial charge is 0.548 e. The van der Waals surface area contributed by atoms with Crippen molar-refractivity contribution in [2.75, 3.05) is 13.6 Å². The summed E-state index contributed by atoms with van der Waals surface area (Å²) in [6.45, 7) is -0.334. The summed E-state index contributed by atoms with van der Waals surface area (Å²) in [6, 6.07) is 0. The molecule has 0 spiro atoms. The fourth-order valence-corrected chi connectivity index (χ4v) is 0.249. The van der Waals surface area contributed by atoms with Gasteiger partial charge in [0.05, 0.1) is 12.5 Å². The Morgan fingerprint density at radius 3 is 2.50 bits per heavy atom. The minimum atomic E-state index is -1.23. The van der Waals surface area contributed by atoms with Crippen molar-refractivity contribution in [3.63, 3.8) is 0 Å². The Kier molecular flexibility index (Phi) is 9.73. The quantitative estimate of drug-likeness (QED) is 0.218. The van der Waals surface area contributed by atoms with Crippen molar-refractivity contribution >= 4 is 11.9 Å². The van der Waals surface area contributed by atoms with Gasteiger partial charge in [0.25, 0.3) is 0 Å². The van der Waals surface area contributed by atoms with E-state index in [1.165, 1.54) is 7.05 Å². The topological polar surface area (TPSA) is 88.0 Å². The number of hydrogen-bond donors (Lipinski definition) is 3. The number of carboxylic acid groups (broad SMARTS) is 1. The summed E-state index contributed by atoms with van der Waals surface area (Å²) in [5.74, 6) is -1.26. The number of hydrogen-bond acceptors (Lipinski definition) is 3. The van der Waals surface area contributed by atoms with Gasteiger partial charge >= 0.3 is 51.4 Å². The van der Waals surface area contributed by atoms with Crippen molar-refractivity contribution < 1.29 is 61.3 Å². The predicted molar refractivity (Wildman–Crippen MR) is 29.8 cm³/mol. The summed E-state index contributed by atoms with van der Waals surface area (Å²) < 4.78 is 0. The van der Waals surface area contributed by atoms with Gasteiger partial charge in [-0.2, -0.15) is 0 Å². The molecule has 10 heavy (non-hydrogen) atoms. The molecule has 0 aromatic rings. The first-order chi connectivity index (χ1) is 4.16. The standard InChI is InChI=1S/C4H9N3O2.K/c1-6-4(5)7-2-3(8)9;/h2H2,1H3,(H,8,9)(H3,5,6,7);/q;+1/p-1. The van der Waals surface area contributed by atoms with Gasteiger partial charge in [0, 0.05) is 7.05 Å². The molecule has 0 aromatic carbocycles. The van der Waals surface area contributed by atoms with E-state index >= 15 is 0 Å². The van der Waals surface area contributed by atoms with Crippen LogP contribution in [0.25, 0.3) is 0 Å². The Balaban J connectivity index is 0. The van der Waals surface area contributed by atoms with Crippen LogP contribution in [-0.2, 0) is 4.79 Å². The molecule has 0 aliphatic carbocycles. The molecule has 0 atom stereocenters. The van der Waals surface area contributed by atoms with E-state index in [0.29, 0.717) is 0 Å². The van der Waals surface area contributed by atoms with Gasteiger partial charge in [0.2, 0.25) is 0 Å². The average molecular weight is 169 g/mol. The maximum absolute atomic E-state index is 9.72. The van der Waals surface area contributed by atoms with Crippen molar-refractivity contribution in [1.29, 1.82) is 5.41 Å². The van der Waals surface area contributed by atoms with Crippen molar-refractivity contribution in [3.8, 4) is 0 Å². The molecule has 0 radical (unpaired) electrons. The van der Waals surface area contributed by atoms with Crippen LogP contribution in [0, 0.1) is 5.41 Å². The Morgan fingerprint density at radius 1 is 1.70 bits per heavy atom. The zero-order valence-electron chi connectivity index (χ0n) is 6.02. The molecular formula is C4H8KN3O2. The second-order valence-corrected chi connectivity index (χ2v) is 1.35. The molecule has 3 N–H and O–H groups in total. The van der Waals surface area contributed by atoms with Crippen LogP contribution in [0.5, 0.6) is 0 Å². The summed E-state index contributed by atoms with van der Waals surface area (Å²) in [7, 11) is 1.52. The number of carbonyl (C=O) groups is 1. The van der Waals surface area contributed by atoms with E-state index in [9.17, 15) is 9.90 Å². The summed E-state index contributed by atoms with van der Waals surface area (Å²) in [6.07, 6.45) is 0. The van der Waals surface area contributed by atoms with Crippen LogP contribution in [0.4, 0.5) is 0 Å². The molecule has 0 fully saturated rings. The van der Waals surface area contributed by atoms with E-state index in [2.05, 4.69) is 10.6 Å². The first-order valence-electron chi connectivity index (χ1n) is 2.37. The third-order valence-electron chi connectivity index (χ3n) is 0.660. The number of rotatable bonds is 2. The zero-order valence-corrected chi connectivity index (χ0v) is 9.15. The molecule has 0 rings (SSSR count). The van der Waals surface area contributed by atoms with Crippen LogP contribution in [0.2, 0.25) is 0 Å². The van der Waals surface area contributed by atoms with E-state index < -0.39 is 5.97 Å². The normalized spacial score (nSPS) is 7.30. The summed E-state index contributed by atoms with van der Waals surface area (Å²) in [5.41, 5.74) is 0. The molecule has 0 aromatic heterocycles. The van der Waals surface area contributed by atoms with Gasteiger partial charge in [0.15, 0.2) is 5.96 Å². The molecule has 6 heteroatoms. The number of nitrogens with one attached hydrogen (secondary N) is 3. The van der Waals surface area contributed by atoms with E-state index in [0.717, 1.165) is 0 Å². The van der Waals surface area contributed by atoms with Crippen LogP contribution in [0.1, 0.15) is 0 Å². The molecule has 0 bridgehead atoms. The first kappa shape index (κ1) is 13.0. The molecule has 0 saturated carbocycles. The molecule has 0 aliphatic rings. The zero-order chi connectivity index (χ0) is 7.28. The van der Waals surface area contributed by atoms with E-state index in [1.807, 2.05) is 0 Å². The third-order valence-corrected chi connectivity index (χ3v) is 0.660. The largest absolute Gasteiger partial charge is 1.00 e. The van der Waals surface area contributed by atoms with Gasteiger partial charge in [-0.1, -0.05) is 0 Å². The van der Waals surface area contributed by atoms with Crippen LogP contribution >= 0.6 is 0 Å². The number of guanidine groups is 1. The fraction of sp³-hybridized carbons (Fsp3) is 0.500. The molecule has 0 unspecified atom stereocenters. The number of carbonyl (C=O) groups excluding carboxylic acids is 1. The van der Waals surface area contributed by atoms with Gasteiger partial charge in [-0.05, 0) is 0 Å². The summed E-state index contributed by atoms with van der Waals surface area (Å²) in [4.78, 5) is 9.72. The first-order valence-corrected chi connectivity index (χ1v) is 2.37. The Morgan fingerprint density at radius 2 is 2.20 bits per heavy atom. The third kappa shape index (κ3) is 8.38. The Bertz CT molecular complexity index is 128. The van der Waals surface area contributed by atoms with Gasteiger partial charge in [0.1, 0.15) is 0 Å². The predicted octanol–water partition coefficient (Wildman–Crippen LogP) is -5.52. The minimum absolute atomic E-state index is 0. The van der Waals surface area contributed by atoms with Crippen molar-refractivity contribution in [2.45, 2.75) is 0 Å². The second-order valence-electron chi connectivity index (χ2n) is 1.35. The molecule has 52 valence electrons. The van der Waals surface area contributed by atoms with Gasteiger partial charge in [-0.3, -0.25) is 5.41 Å². The Hall–Kier alpha value is 0.376. The monoisotopic (exact) mass is 169 g/mol. The van der Waals surface area contributed by atoms with E-state index in [-0.39, 0.29) is 63.9 Å². The SMILES string of the molecule is CNC(=N)NCC(=O)[O-].[K+]. The number of carboxylic acids is 1. The minimum Gasteiger partial charge on any atom is -0.548 e. The molecule has 0 aliphatic heterocycles. The van der Waals surface area contributed by atoms with Crippen molar-refractivity contribution in [2.24, 2.45) is 0 Å². The second kappa shape index (κ2) is 7.48. The van der Waals surface area contributed by atoms with Crippen LogP contribution in [0.3, 0.4) is 0 Å². The van der Waals surface area contributed by atoms with Crippen LogP contribution < -0.4 is 67.1 Å². The maximum Gasteiger partial charge on any atom is 1.00 e. The molecule has 5 nitrogen and oxygen atoms in total.